The van der Waals surface area contributed by atoms with Crippen LogP contribution in [-0.4, -0.2) is 84.2 Å². The van der Waals surface area contributed by atoms with Gasteiger partial charge in [-0.1, -0.05) is 117 Å². The van der Waals surface area contributed by atoms with Crippen LogP contribution in [-0.2, 0) is 43.5 Å². The van der Waals surface area contributed by atoms with Crippen LogP contribution in [0, 0.1) is 24.7 Å². The number of aromatic carboxylic acids is 1. The second kappa shape index (κ2) is 22.7. The highest BCUT2D eigenvalue weighted by molar-refractivity contribution is 6.02. The van der Waals surface area contributed by atoms with Gasteiger partial charge in [0.2, 0.25) is 0 Å². The van der Waals surface area contributed by atoms with Crippen LogP contribution in [0.2, 0.25) is 0 Å². The van der Waals surface area contributed by atoms with E-state index in [9.17, 15) is 39.0 Å². The van der Waals surface area contributed by atoms with E-state index in [2.05, 4.69) is 37.4 Å². The molecule has 0 spiro atoms. The number of hydrogen-bond donors (Lipinski definition) is 2. The Balaban J connectivity index is 1.16. The minimum absolute atomic E-state index is 0.0291. The molecule has 0 amide bonds. The summed E-state index contributed by atoms with van der Waals surface area (Å²) in [5.74, 6) is -6.93. The monoisotopic (exact) mass is 976 g/mol. The Morgan fingerprint density at radius 3 is 1.74 bits per heavy atom. The Hall–Kier alpha value is -8.26. The Morgan fingerprint density at radius 2 is 1.21 bits per heavy atom. The van der Waals surface area contributed by atoms with Crippen molar-refractivity contribution < 1.29 is 67.4 Å². The molecule has 14 nitrogen and oxygen atoms in total. The minimum Gasteiger partial charge on any atom is -0.493 e. The first kappa shape index (κ1) is 51.6. The molecule has 14 heteroatoms. The number of esters is 4. The van der Waals surface area contributed by atoms with Crippen molar-refractivity contribution in [2.24, 2.45) is 17.8 Å². The van der Waals surface area contributed by atoms with E-state index in [1.165, 1.54) is 12.1 Å². The van der Waals surface area contributed by atoms with Gasteiger partial charge in [0.15, 0.2) is 6.10 Å². The Kier molecular flexibility index (Phi) is 16.2. The maximum atomic E-state index is 13.7. The van der Waals surface area contributed by atoms with Gasteiger partial charge >= 0.3 is 35.8 Å². The molecule has 0 saturated carbocycles. The molecular weight excluding hydrogens is 921 g/mol. The molecule has 2 aliphatic rings. The van der Waals surface area contributed by atoms with Crippen molar-refractivity contribution in [2.45, 2.75) is 57.2 Å². The summed E-state index contributed by atoms with van der Waals surface area (Å²) >= 11 is 0. The third-order valence-corrected chi connectivity index (χ3v) is 13.4. The van der Waals surface area contributed by atoms with Crippen LogP contribution in [0.3, 0.4) is 0 Å². The number of carboxylic acid groups (broad SMARTS) is 2. The average Bonchev–Trinajstić information content (AvgIpc) is 3.70. The summed E-state index contributed by atoms with van der Waals surface area (Å²) in [4.78, 5) is 75.4. The molecule has 5 aromatic rings. The van der Waals surface area contributed by atoms with Gasteiger partial charge in [-0.3, -0.25) is 9.59 Å². The van der Waals surface area contributed by atoms with E-state index < -0.39 is 70.7 Å². The van der Waals surface area contributed by atoms with E-state index in [1.54, 1.807) is 44.2 Å². The van der Waals surface area contributed by atoms with Crippen LogP contribution >= 0.6 is 0 Å². The van der Waals surface area contributed by atoms with E-state index in [0.717, 1.165) is 45.5 Å². The van der Waals surface area contributed by atoms with Gasteiger partial charge in [0.25, 0.3) is 0 Å². The summed E-state index contributed by atoms with van der Waals surface area (Å²) < 4.78 is 35.1. The van der Waals surface area contributed by atoms with Crippen molar-refractivity contribution >= 4 is 35.8 Å². The number of fused-ring (bicyclic) bond motifs is 3. The highest BCUT2D eigenvalue weighted by Crippen LogP contribution is 2.56. The topological polar surface area (TPSA) is 198 Å². The van der Waals surface area contributed by atoms with E-state index in [-0.39, 0.29) is 50.4 Å². The molecule has 0 radical (unpaired) electrons. The largest absolute Gasteiger partial charge is 0.493 e. The molecule has 5 unspecified atom stereocenters. The standard InChI is InChI=1S/C58H56O14/c1-6-51(59)69-33-39(57(5,8-3)72-56(66)46-18-10-9-17-45(46)53(61)62)32-67-40-26-22-37(23-27-40)58(49-19-13-11-15-43(49)44-16-12-14-20-50(44)58)38-24-28-41(29-25-38)68-34-42(35-70-52(60)7-2)71-55(65)47-30-21-36(4)31-48(47)54(63)64/h6-7,9-16,19-31,39,42,45-46H,1-2,8,17-18,32-35H2,3-5H3,(H,61,62)(H,63,64). The first-order chi connectivity index (χ1) is 34.6. The molecule has 5 aromatic carbocycles. The van der Waals surface area contributed by atoms with Crippen LogP contribution in [0.25, 0.3) is 11.1 Å². The molecule has 0 fully saturated rings. The molecule has 0 aliphatic heterocycles. The first-order valence-electron chi connectivity index (χ1n) is 23.5. The minimum atomic E-state index is -1.30. The predicted molar refractivity (Wildman–Crippen MR) is 266 cm³/mol. The van der Waals surface area contributed by atoms with Gasteiger partial charge in [-0.15, -0.1) is 0 Å². The van der Waals surface area contributed by atoms with Crippen molar-refractivity contribution in [3.63, 3.8) is 0 Å². The average molecular weight is 977 g/mol. The molecule has 72 heavy (non-hydrogen) atoms. The number of rotatable bonds is 22. The van der Waals surface area contributed by atoms with Gasteiger partial charge in [-0.25, -0.2) is 19.2 Å². The molecular formula is C58H56O14. The van der Waals surface area contributed by atoms with Crippen molar-refractivity contribution in [2.75, 3.05) is 26.4 Å². The van der Waals surface area contributed by atoms with Gasteiger partial charge in [0.05, 0.1) is 40.9 Å². The summed E-state index contributed by atoms with van der Waals surface area (Å²) in [5.41, 5.74) is 4.16. The Bertz CT molecular complexity index is 2840. The van der Waals surface area contributed by atoms with E-state index in [4.69, 9.17) is 28.4 Å². The number of aliphatic carboxylic acids is 1. The van der Waals surface area contributed by atoms with Crippen LogP contribution in [0.5, 0.6) is 11.5 Å². The lowest BCUT2D eigenvalue weighted by Crippen LogP contribution is -2.47. The summed E-state index contributed by atoms with van der Waals surface area (Å²) in [6, 6.07) is 35.8. The highest BCUT2D eigenvalue weighted by Gasteiger charge is 2.46. The van der Waals surface area contributed by atoms with Crippen LogP contribution < -0.4 is 9.47 Å². The zero-order valence-electron chi connectivity index (χ0n) is 40.2. The maximum absolute atomic E-state index is 13.7. The molecule has 2 aliphatic carbocycles. The molecule has 372 valence electrons. The summed E-state index contributed by atoms with van der Waals surface area (Å²) in [6.45, 7) is 11.3. The van der Waals surface area contributed by atoms with Gasteiger partial charge in [-0.2, -0.15) is 0 Å². The molecule has 0 aromatic heterocycles. The lowest BCUT2D eigenvalue weighted by Gasteiger charge is -2.38. The molecule has 7 rings (SSSR count). The summed E-state index contributed by atoms with van der Waals surface area (Å²) in [7, 11) is 0. The number of carbonyl (C=O) groups is 6. The van der Waals surface area contributed by atoms with Gasteiger partial charge in [0, 0.05) is 12.2 Å². The molecule has 5 atom stereocenters. The first-order valence-corrected chi connectivity index (χ1v) is 23.5. The smallest absolute Gasteiger partial charge is 0.339 e. The number of carbonyl (C=O) groups excluding carboxylic acids is 4. The fourth-order valence-corrected chi connectivity index (χ4v) is 9.33. The van der Waals surface area contributed by atoms with Crippen LogP contribution in [0.1, 0.15) is 81.6 Å². The predicted octanol–water partition coefficient (Wildman–Crippen LogP) is 9.49. The lowest BCUT2D eigenvalue weighted by molar-refractivity contribution is -0.179. The number of allylic oxidation sites excluding steroid dienone is 2. The van der Waals surface area contributed by atoms with Crippen LogP contribution in [0.15, 0.2) is 153 Å². The van der Waals surface area contributed by atoms with E-state index in [1.807, 2.05) is 67.6 Å². The summed E-state index contributed by atoms with van der Waals surface area (Å²) in [5, 5.41) is 19.6. The van der Waals surface area contributed by atoms with Crippen molar-refractivity contribution in [3.8, 4) is 22.6 Å². The van der Waals surface area contributed by atoms with Gasteiger partial charge < -0.3 is 38.6 Å². The third-order valence-electron chi connectivity index (χ3n) is 13.4. The molecule has 0 bridgehead atoms. The third kappa shape index (κ3) is 11.0. The molecule has 0 saturated heterocycles. The van der Waals surface area contributed by atoms with Gasteiger partial charge in [-0.05, 0) is 103 Å². The quantitative estimate of drug-likeness (QED) is 0.0282. The molecule has 2 N–H and O–H groups in total. The van der Waals surface area contributed by atoms with Crippen molar-refractivity contribution in [1.29, 1.82) is 0 Å². The number of aryl methyl sites for hydroxylation is 1. The second-order valence-corrected chi connectivity index (χ2v) is 17.8. The van der Waals surface area contributed by atoms with Gasteiger partial charge in [0.1, 0.15) is 36.9 Å². The highest BCUT2D eigenvalue weighted by atomic mass is 16.6. The van der Waals surface area contributed by atoms with Crippen molar-refractivity contribution in [1.82, 2.24) is 0 Å². The molecule has 0 heterocycles. The zero-order chi connectivity index (χ0) is 51.6. The second-order valence-electron chi connectivity index (χ2n) is 17.8. The SMILES string of the molecule is C=CC(=O)OCC(COc1ccc(C2(c3ccc(OCC(COC(=O)C=C)C(C)(CC)OC(=O)C4CC=CCC4C(=O)O)cc3)c3ccccc3-c3ccccc32)cc1)OC(=O)c1ccc(C)cc1C(=O)O. The van der Waals surface area contributed by atoms with E-state index >= 15 is 0 Å². The Labute approximate surface area is 417 Å². The lowest BCUT2D eigenvalue weighted by atomic mass is 9.68. The zero-order valence-corrected chi connectivity index (χ0v) is 40.2. The number of ether oxygens (including phenoxy) is 6. The van der Waals surface area contributed by atoms with Crippen LogP contribution in [0.4, 0.5) is 0 Å². The normalized spacial score (nSPS) is 16.8. The maximum Gasteiger partial charge on any atom is 0.339 e. The Morgan fingerprint density at radius 1 is 0.681 bits per heavy atom. The summed E-state index contributed by atoms with van der Waals surface area (Å²) in [6.07, 6.45) is 5.18. The number of hydrogen-bond acceptors (Lipinski definition) is 12. The number of carboxylic acids is 2. The fourth-order valence-electron chi connectivity index (χ4n) is 9.33. The number of benzene rings is 5. The van der Waals surface area contributed by atoms with E-state index in [0.29, 0.717) is 23.5 Å². The van der Waals surface area contributed by atoms with Crippen molar-refractivity contribution in [3.05, 3.63) is 192 Å². The fraction of sp³-hybridized carbons (Fsp3) is 0.276.